The Morgan fingerprint density at radius 1 is 1.32 bits per heavy atom. The third-order valence-electron chi connectivity index (χ3n) is 9.47. The fourth-order valence-corrected chi connectivity index (χ4v) is 8.05. The number of hydrogen-bond donors (Lipinski definition) is 2. The number of fused-ring (bicyclic) bond motifs is 3. The number of halogens is 1. The SMILES string of the molecule is C[C@H]1C[C@H]2[C@@H]3C[C@H](F)C4=CC(=O)CC[C@]4(C)[C@@]34O[C@H]4C[C@]2(C)[C@@]1(O)C(=O)CO. The molecule has 1 saturated heterocycles. The van der Waals surface area contributed by atoms with Gasteiger partial charge in [0.2, 0.25) is 0 Å². The third-order valence-corrected chi connectivity index (χ3v) is 9.47. The fourth-order valence-electron chi connectivity index (χ4n) is 8.05. The molecular weight excluding hydrogens is 363 g/mol. The highest BCUT2D eigenvalue weighted by atomic mass is 19.1. The molecule has 0 bridgehead atoms. The van der Waals surface area contributed by atoms with Gasteiger partial charge in [-0.3, -0.25) is 9.59 Å². The van der Waals surface area contributed by atoms with Gasteiger partial charge < -0.3 is 14.9 Å². The Morgan fingerprint density at radius 2 is 2.04 bits per heavy atom. The summed E-state index contributed by atoms with van der Waals surface area (Å²) in [4.78, 5) is 24.6. The molecule has 0 aromatic carbocycles. The van der Waals surface area contributed by atoms with E-state index in [-0.39, 0.29) is 36.1 Å². The van der Waals surface area contributed by atoms with E-state index in [0.29, 0.717) is 31.3 Å². The minimum absolute atomic E-state index is 0.0137. The molecule has 4 fully saturated rings. The Bertz CT molecular complexity index is 809. The second kappa shape index (κ2) is 5.32. The standard InChI is InChI=1S/C22H29FO5/c1-11-6-13-14-8-16(23)15-7-12(25)4-5-19(15,2)22(14)18(28-22)9-20(13,3)21(11,27)17(26)10-24/h7,11,13-14,16,18,24,27H,4-6,8-10H2,1-3H3/t11-,13-,14-,16-,18-,19-,20-,21-,22+/m0/s1. The van der Waals surface area contributed by atoms with Gasteiger partial charge in [-0.05, 0) is 55.1 Å². The molecule has 4 aliphatic carbocycles. The average molecular weight is 392 g/mol. The first-order valence-electron chi connectivity index (χ1n) is 10.5. The van der Waals surface area contributed by atoms with Gasteiger partial charge in [0.25, 0.3) is 0 Å². The van der Waals surface area contributed by atoms with Gasteiger partial charge in [0.15, 0.2) is 11.6 Å². The van der Waals surface area contributed by atoms with Crippen LogP contribution in [0.25, 0.3) is 0 Å². The molecule has 1 heterocycles. The Morgan fingerprint density at radius 3 is 2.71 bits per heavy atom. The number of aliphatic hydroxyl groups excluding tert-OH is 1. The van der Waals surface area contributed by atoms with Gasteiger partial charge >= 0.3 is 0 Å². The lowest BCUT2D eigenvalue weighted by atomic mass is 9.45. The summed E-state index contributed by atoms with van der Waals surface area (Å²) in [5.41, 5.74) is -2.79. The predicted molar refractivity (Wildman–Crippen MR) is 98.1 cm³/mol. The highest BCUT2D eigenvalue weighted by Gasteiger charge is 2.83. The molecule has 154 valence electrons. The smallest absolute Gasteiger partial charge is 0.190 e. The summed E-state index contributed by atoms with van der Waals surface area (Å²) in [6, 6.07) is 0. The lowest BCUT2D eigenvalue weighted by Crippen LogP contribution is -2.63. The summed E-state index contributed by atoms with van der Waals surface area (Å²) < 4.78 is 21.7. The van der Waals surface area contributed by atoms with Crippen molar-refractivity contribution in [2.75, 3.05) is 6.61 Å². The lowest BCUT2D eigenvalue weighted by Gasteiger charge is -2.57. The second-order valence-corrected chi connectivity index (χ2v) is 10.3. The maximum absolute atomic E-state index is 15.3. The van der Waals surface area contributed by atoms with Crippen LogP contribution in [0.4, 0.5) is 4.39 Å². The Labute approximate surface area is 164 Å². The molecule has 2 N–H and O–H groups in total. The van der Waals surface area contributed by atoms with Crippen molar-refractivity contribution in [2.24, 2.45) is 28.6 Å². The van der Waals surface area contributed by atoms with Crippen molar-refractivity contribution in [3.05, 3.63) is 11.6 Å². The quantitative estimate of drug-likeness (QED) is 0.703. The number of epoxide rings is 1. The summed E-state index contributed by atoms with van der Waals surface area (Å²) in [7, 11) is 0. The largest absolute Gasteiger partial charge is 0.388 e. The van der Waals surface area contributed by atoms with Crippen molar-refractivity contribution in [3.8, 4) is 0 Å². The predicted octanol–water partition coefficient (Wildman–Crippen LogP) is 2.14. The number of carbonyl (C=O) groups excluding carboxylic acids is 2. The minimum Gasteiger partial charge on any atom is -0.388 e. The van der Waals surface area contributed by atoms with E-state index in [0.717, 1.165) is 0 Å². The number of Topliss-reactive ketones (excluding diaryl/α,β-unsaturated/α-hetero) is 1. The van der Waals surface area contributed by atoms with Crippen molar-refractivity contribution in [1.29, 1.82) is 0 Å². The van der Waals surface area contributed by atoms with Crippen LogP contribution in [-0.2, 0) is 14.3 Å². The molecule has 5 rings (SSSR count). The number of rotatable bonds is 2. The summed E-state index contributed by atoms with van der Waals surface area (Å²) in [6.07, 6.45) is 2.55. The Balaban J connectivity index is 1.62. The number of ether oxygens (including phenoxy) is 1. The van der Waals surface area contributed by atoms with Gasteiger partial charge in [-0.25, -0.2) is 4.39 Å². The zero-order chi connectivity index (χ0) is 20.3. The minimum atomic E-state index is -1.62. The van der Waals surface area contributed by atoms with Crippen LogP contribution >= 0.6 is 0 Å². The number of carbonyl (C=O) groups is 2. The lowest BCUT2D eigenvalue weighted by molar-refractivity contribution is -0.167. The van der Waals surface area contributed by atoms with E-state index in [1.807, 2.05) is 20.8 Å². The van der Waals surface area contributed by atoms with Crippen LogP contribution in [0.1, 0.15) is 52.9 Å². The first-order valence-corrected chi connectivity index (χ1v) is 10.5. The fraction of sp³-hybridized carbons (Fsp3) is 0.818. The molecule has 1 aliphatic heterocycles. The maximum atomic E-state index is 15.3. The molecule has 0 radical (unpaired) electrons. The number of aliphatic hydroxyl groups is 2. The Hall–Kier alpha value is -1.11. The summed E-state index contributed by atoms with van der Waals surface area (Å²) >= 11 is 0. The molecule has 1 spiro atoms. The topological polar surface area (TPSA) is 87.1 Å². The summed E-state index contributed by atoms with van der Waals surface area (Å²) in [6.45, 7) is 5.13. The van der Waals surface area contributed by atoms with E-state index in [2.05, 4.69) is 0 Å². The second-order valence-electron chi connectivity index (χ2n) is 10.3. The van der Waals surface area contributed by atoms with Crippen molar-refractivity contribution in [1.82, 2.24) is 0 Å². The first-order chi connectivity index (χ1) is 13.1. The van der Waals surface area contributed by atoms with Crippen LogP contribution < -0.4 is 0 Å². The van der Waals surface area contributed by atoms with Gasteiger partial charge in [0.1, 0.15) is 24.0 Å². The van der Waals surface area contributed by atoms with Crippen LogP contribution in [-0.4, -0.2) is 51.9 Å². The molecule has 0 aromatic rings. The summed E-state index contributed by atoms with van der Waals surface area (Å²) in [5, 5.41) is 21.0. The molecule has 6 heteroatoms. The van der Waals surface area contributed by atoms with Crippen molar-refractivity contribution in [3.63, 3.8) is 0 Å². The number of hydrogen-bond acceptors (Lipinski definition) is 5. The van der Waals surface area contributed by atoms with Gasteiger partial charge in [-0.15, -0.1) is 0 Å². The molecular formula is C22H29FO5. The van der Waals surface area contributed by atoms with E-state index in [1.165, 1.54) is 6.08 Å². The molecule has 0 aromatic heterocycles. The molecule has 0 amide bonds. The van der Waals surface area contributed by atoms with Crippen molar-refractivity contribution in [2.45, 2.75) is 76.4 Å². The zero-order valence-corrected chi connectivity index (χ0v) is 16.7. The maximum Gasteiger partial charge on any atom is 0.190 e. The third kappa shape index (κ3) is 1.80. The number of alkyl halides is 1. The summed E-state index contributed by atoms with van der Waals surface area (Å²) in [5.74, 6) is -1.02. The van der Waals surface area contributed by atoms with Crippen LogP contribution in [0.15, 0.2) is 11.6 Å². The van der Waals surface area contributed by atoms with E-state index in [4.69, 9.17) is 4.74 Å². The van der Waals surface area contributed by atoms with E-state index < -0.39 is 40.6 Å². The zero-order valence-electron chi connectivity index (χ0n) is 16.7. The highest BCUT2D eigenvalue weighted by molar-refractivity contribution is 5.92. The van der Waals surface area contributed by atoms with Crippen LogP contribution in [0.3, 0.4) is 0 Å². The molecule has 5 nitrogen and oxygen atoms in total. The van der Waals surface area contributed by atoms with Crippen molar-refractivity contribution >= 4 is 11.6 Å². The van der Waals surface area contributed by atoms with E-state index in [1.54, 1.807) is 0 Å². The van der Waals surface area contributed by atoms with Gasteiger partial charge in [0, 0.05) is 17.3 Å². The van der Waals surface area contributed by atoms with Crippen LogP contribution in [0, 0.1) is 28.6 Å². The average Bonchev–Trinajstić information content (AvgIpc) is 3.34. The number of ketones is 2. The van der Waals surface area contributed by atoms with Gasteiger partial charge in [0.05, 0.1) is 6.10 Å². The van der Waals surface area contributed by atoms with Crippen LogP contribution in [0.2, 0.25) is 0 Å². The molecule has 9 atom stereocenters. The molecule has 28 heavy (non-hydrogen) atoms. The first kappa shape index (κ1) is 18.9. The molecule has 3 saturated carbocycles. The highest BCUT2D eigenvalue weighted by Crippen LogP contribution is 2.77. The monoisotopic (exact) mass is 392 g/mol. The van der Waals surface area contributed by atoms with Crippen LogP contribution in [0.5, 0.6) is 0 Å². The normalized spacial score (nSPS) is 56.9. The Kier molecular flexibility index (Phi) is 3.59. The van der Waals surface area contributed by atoms with E-state index >= 15 is 4.39 Å². The van der Waals surface area contributed by atoms with Gasteiger partial charge in [-0.1, -0.05) is 20.8 Å². The molecule has 0 unspecified atom stereocenters. The van der Waals surface area contributed by atoms with Gasteiger partial charge in [-0.2, -0.15) is 0 Å². The van der Waals surface area contributed by atoms with E-state index in [9.17, 15) is 19.8 Å². The van der Waals surface area contributed by atoms with Crippen molar-refractivity contribution < 1.29 is 28.9 Å². The molecule has 5 aliphatic rings.